The third-order valence-corrected chi connectivity index (χ3v) is 2.82. The second-order valence-corrected chi connectivity index (χ2v) is 4.14. The van der Waals surface area contributed by atoms with E-state index in [9.17, 15) is 4.79 Å². The summed E-state index contributed by atoms with van der Waals surface area (Å²) >= 11 is 4.26. The van der Waals surface area contributed by atoms with E-state index >= 15 is 0 Å². The van der Waals surface area contributed by atoms with Crippen molar-refractivity contribution >= 4 is 24.2 Å². The molecule has 4 heteroatoms. The van der Waals surface area contributed by atoms with Gasteiger partial charge in [0.15, 0.2) is 0 Å². The average molecular weight is 254 g/mol. The molecule has 18 heavy (non-hydrogen) atoms. The quantitative estimate of drug-likeness (QED) is 0.809. The molecule has 0 fully saturated rings. The Balaban J connectivity index is 2.17. The molecule has 0 saturated carbocycles. The molecule has 0 heterocycles. The molecule has 1 N–H and O–H groups in total. The lowest BCUT2D eigenvalue weighted by molar-refractivity contribution is 0.102. The zero-order valence-electron chi connectivity index (χ0n) is 9.42. The van der Waals surface area contributed by atoms with Gasteiger partial charge in [-0.2, -0.15) is 5.26 Å². The van der Waals surface area contributed by atoms with E-state index in [2.05, 4.69) is 17.9 Å². The summed E-state index contributed by atoms with van der Waals surface area (Å²) in [6.07, 6.45) is 0. The lowest BCUT2D eigenvalue weighted by atomic mass is 10.1. The Morgan fingerprint density at radius 3 is 2.39 bits per heavy atom. The zero-order valence-corrected chi connectivity index (χ0v) is 10.3. The van der Waals surface area contributed by atoms with Gasteiger partial charge < -0.3 is 5.32 Å². The van der Waals surface area contributed by atoms with Gasteiger partial charge in [-0.15, -0.1) is 12.6 Å². The van der Waals surface area contributed by atoms with Gasteiger partial charge in [0, 0.05) is 10.5 Å². The topological polar surface area (TPSA) is 52.9 Å². The number of thiol groups is 1. The second-order valence-electron chi connectivity index (χ2n) is 3.66. The number of para-hydroxylation sites is 1. The molecule has 0 aromatic heterocycles. The van der Waals surface area contributed by atoms with Crippen LogP contribution in [0, 0.1) is 11.3 Å². The van der Waals surface area contributed by atoms with Crippen molar-refractivity contribution in [1.29, 1.82) is 5.26 Å². The Morgan fingerprint density at radius 2 is 1.78 bits per heavy atom. The van der Waals surface area contributed by atoms with Crippen LogP contribution >= 0.6 is 12.6 Å². The molecule has 0 bridgehead atoms. The van der Waals surface area contributed by atoms with Crippen molar-refractivity contribution in [2.24, 2.45) is 0 Å². The summed E-state index contributed by atoms with van der Waals surface area (Å²) in [6, 6.07) is 15.7. The van der Waals surface area contributed by atoms with Crippen molar-refractivity contribution in [3.63, 3.8) is 0 Å². The van der Waals surface area contributed by atoms with Crippen molar-refractivity contribution in [2.75, 3.05) is 5.32 Å². The minimum Gasteiger partial charge on any atom is -0.321 e. The summed E-state index contributed by atoms with van der Waals surface area (Å²) in [5.74, 6) is -0.221. The van der Waals surface area contributed by atoms with E-state index < -0.39 is 0 Å². The number of benzene rings is 2. The summed E-state index contributed by atoms with van der Waals surface area (Å²) in [5.41, 5.74) is 1.70. The maximum Gasteiger partial charge on any atom is 0.255 e. The smallest absolute Gasteiger partial charge is 0.255 e. The molecule has 0 unspecified atom stereocenters. The maximum absolute atomic E-state index is 11.9. The predicted molar refractivity (Wildman–Crippen MR) is 72.8 cm³/mol. The summed E-state index contributed by atoms with van der Waals surface area (Å²) in [7, 11) is 0. The number of carbonyl (C=O) groups is 1. The van der Waals surface area contributed by atoms with E-state index in [0.717, 1.165) is 0 Å². The number of nitriles is 1. The van der Waals surface area contributed by atoms with Crippen molar-refractivity contribution < 1.29 is 4.79 Å². The van der Waals surface area contributed by atoms with Gasteiger partial charge in [0.05, 0.1) is 17.3 Å². The molecule has 1 amide bonds. The van der Waals surface area contributed by atoms with Crippen LogP contribution in [0.15, 0.2) is 53.4 Å². The Morgan fingerprint density at radius 1 is 1.11 bits per heavy atom. The molecule has 0 aliphatic carbocycles. The Bertz CT molecular complexity index is 614. The van der Waals surface area contributed by atoms with Crippen molar-refractivity contribution in [3.05, 3.63) is 59.7 Å². The molecular formula is C14H10N2OS. The molecule has 0 spiro atoms. The first-order chi connectivity index (χ1) is 8.70. The Kier molecular flexibility index (Phi) is 3.66. The number of hydrogen-bond acceptors (Lipinski definition) is 3. The standard InChI is InChI=1S/C14H10N2OS/c15-9-10-5-7-11(8-6-10)14(17)16-12-3-1-2-4-13(12)18/h1-8,18H,(H,16,17). The third kappa shape index (κ3) is 2.70. The molecule has 3 nitrogen and oxygen atoms in total. The molecule has 0 radical (unpaired) electrons. The number of rotatable bonds is 2. The minimum atomic E-state index is -0.221. The fourth-order valence-corrected chi connectivity index (χ4v) is 1.69. The van der Waals surface area contributed by atoms with Crippen molar-refractivity contribution in [3.8, 4) is 6.07 Å². The summed E-state index contributed by atoms with van der Waals surface area (Å²) in [6.45, 7) is 0. The lowest BCUT2D eigenvalue weighted by Crippen LogP contribution is -2.12. The number of amides is 1. The molecule has 0 atom stereocenters. The molecule has 0 saturated heterocycles. The number of hydrogen-bond donors (Lipinski definition) is 2. The zero-order chi connectivity index (χ0) is 13.0. The highest BCUT2D eigenvalue weighted by Gasteiger charge is 2.07. The largest absolute Gasteiger partial charge is 0.321 e. The first-order valence-corrected chi connectivity index (χ1v) is 5.75. The SMILES string of the molecule is N#Cc1ccc(C(=O)Nc2ccccc2S)cc1. The van der Waals surface area contributed by atoms with Gasteiger partial charge in [0.1, 0.15) is 0 Å². The number of carbonyl (C=O) groups excluding carboxylic acids is 1. The average Bonchev–Trinajstić information content (AvgIpc) is 2.41. The van der Waals surface area contributed by atoms with Crippen LogP contribution in [-0.2, 0) is 0 Å². The predicted octanol–water partition coefficient (Wildman–Crippen LogP) is 3.10. The Hall–Kier alpha value is -2.25. The van der Waals surface area contributed by atoms with E-state index in [1.807, 2.05) is 18.2 Å². The first-order valence-electron chi connectivity index (χ1n) is 5.30. The monoisotopic (exact) mass is 254 g/mol. The van der Waals surface area contributed by atoms with Crippen LogP contribution in [0.3, 0.4) is 0 Å². The van der Waals surface area contributed by atoms with E-state index in [0.29, 0.717) is 21.7 Å². The van der Waals surface area contributed by atoms with Crippen LogP contribution in [-0.4, -0.2) is 5.91 Å². The number of anilines is 1. The second kappa shape index (κ2) is 5.39. The van der Waals surface area contributed by atoms with Gasteiger partial charge in [-0.05, 0) is 36.4 Å². The summed E-state index contributed by atoms with van der Waals surface area (Å²) in [5, 5.41) is 11.4. The number of nitrogens with zero attached hydrogens (tertiary/aromatic N) is 1. The van der Waals surface area contributed by atoms with Gasteiger partial charge in [0.25, 0.3) is 5.91 Å². The van der Waals surface area contributed by atoms with Crippen LogP contribution in [0.1, 0.15) is 15.9 Å². The highest BCUT2D eigenvalue weighted by molar-refractivity contribution is 7.80. The van der Waals surface area contributed by atoms with E-state index in [4.69, 9.17) is 5.26 Å². The summed E-state index contributed by atoms with van der Waals surface area (Å²) in [4.78, 5) is 12.6. The van der Waals surface area contributed by atoms with E-state index in [1.54, 1.807) is 36.4 Å². The lowest BCUT2D eigenvalue weighted by Gasteiger charge is -2.07. The highest BCUT2D eigenvalue weighted by Crippen LogP contribution is 2.19. The van der Waals surface area contributed by atoms with Gasteiger partial charge in [0.2, 0.25) is 0 Å². The molecule has 0 aliphatic rings. The van der Waals surface area contributed by atoms with Crippen LogP contribution in [0.5, 0.6) is 0 Å². The molecule has 2 rings (SSSR count). The highest BCUT2D eigenvalue weighted by atomic mass is 32.1. The third-order valence-electron chi connectivity index (χ3n) is 2.43. The fraction of sp³-hybridized carbons (Fsp3) is 0. The van der Waals surface area contributed by atoms with E-state index in [-0.39, 0.29) is 5.91 Å². The molecular weight excluding hydrogens is 244 g/mol. The van der Waals surface area contributed by atoms with Crippen LogP contribution < -0.4 is 5.32 Å². The van der Waals surface area contributed by atoms with Crippen LogP contribution in [0.2, 0.25) is 0 Å². The molecule has 2 aromatic carbocycles. The van der Waals surface area contributed by atoms with Gasteiger partial charge in [-0.1, -0.05) is 12.1 Å². The maximum atomic E-state index is 11.9. The van der Waals surface area contributed by atoms with E-state index in [1.165, 1.54) is 0 Å². The fourth-order valence-electron chi connectivity index (χ4n) is 1.47. The first kappa shape index (κ1) is 12.2. The van der Waals surface area contributed by atoms with Gasteiger partial charge >= 0.3 is 0 Å². The van der Waals surface area contributed by atoms with Crippen LogP contribution in [0.4, 0.5) is 5.69 Å². The van der Waals surface area contributed by atoms with Gasteiger partial charge in [-0.3, -0.25) is 4.79 Å². The van der Waals surface area contributed by atoms with Crippen molar-refractivity contribution in [2.45, 2.75) is 4.90 Å². The van der Waals surface area contributed by atoms with Crippen LogP contribution in [0.25, 0.3) is 0 Å². The molecule has 0 aliphatic heterocycles. The summed E-state index contributed by atoms with van der Waals surface area (Å²) < 4.78 is 0. The molecule has 88 valence electrons. The molecule has 2 aromatic rings. The number of nitrogens with one attached hydrogen (secondary N) is 1. The van der Waals surface area contributed by atoms with Gasteiger partial charge in [-0.25, -0.2) is 0 Å². The minimum absolute atomic E-state index is 0.221. The Labute approximate surface area is 110 Å². The van der Waals surface area contributed by atoms with Crippen molar-refractivity contribution in [1.82, 2.24) is 0 Å². The normalized spacial score (nSPS) is 9.56.